The predicted molar refractivity (Wildman–Crippen MR) is 97.2 cm³/mol. The van der Waals surface area contributed by atoms with Crippen LogP contribution < -0.4 is 0 Å². The van der Waals surface area contributed by atoms with E-state index in [4.69, 9.17) is 4.98 Å². The van der Waals surface area contributed by atoms with E-state index in [-0.39, 0.29) is 0 Å². The number of para-hydroxylation sites is 3. The van der Waals surface area contributed by atoms with Crippen molar-refractivity contribution in [2.75, 3.05) is 0 Å². The fourth-order valence-electron chi connectivity index (χ4n) is 3.20. The molecule has 5 rings (SSSR count). The maximum absolute atomic E-state index is 4.87. The van der Waals surface area contributed by atoms with E-state index in [9.17, 15) is 0 Å². The molecule has 4 heteroatoms. The second kappa shape index (κ2) is 4.70. The number of fused-ring (bicyclic) bond motifs is 5. The molecule has 0 unspecified atom stereocenters. The van der Waals surface area contributed by atoms with Gasteiger partial charge in [0.2, 0.25) is 5.78 Å². The van der Waals surface area contributed by atoms with E-state index in [0.717, 1.165) is 38.0 Å². The molecule has 3 nitrogen and oxygen atoms in total. The van der Waals surface area contributed by atoms with E-state index in [0.29, 0.717) is 0 Å². The van der Waals surface area contributed by atoms with Crippen LogP contribution in [0.1, 0.15) is 0 Å². The van der Waals surface area contributed by atoms with Crippen molar-refractivity contribution in [3.63, 3.8) is 0 Å². The molecule has 110 valence electrons. The summed E-state index contributed by atoms with van der Waals surface area (Å²) < 4.78 is 5.50. The summed E-state index contributed by atoms with van der Waals surface area (Å²) in [5.74, 6) is 0.936. The third kappa shape index (κ3) is 1.79. The van der Waals surface area contributed by atoms with Gasteiger partial charge in [-0.2, -0.15) is 0 Å². The lowest BCUT2D eigenvalue weighted by Crippen LogP contribution is -1.94. The van der Waals surface area contributed by atoms with Crippen LogP contribution in [0.2, 0.25) is 0 Å². The summed E-state index contributed by atoms with van der Waals surface area (Å²) in [4.78, 5) is 4.87. The molecule has 0 aliphatic carbocycles. The Morgan fingerprint density at radius 1 is 0.739 bits per heavy atom. The van der Waals surface area contributed by atoms with Crippen molar-refractivity contribution in [3.05, 3.63) is 77.3 Å². The second-order valence-electron chi connectivity index (χ2n) is 5.54. The quantitative estimate of drug-likeness (QED) is 0.402. The summed E-state index contributed by atoms with van der Waals surface area (Å²) in [5.41, 5.74) is 5.54. The molecule has 0 aliphatic rings. The van der Waals surface area contributed by atoms with Gasteiger partial charge in [-0.05, 0) is 42.5 Å². The third-order valence-corrected chi connectivity index (χ3v) is 4.67. The van der Waals surface area contributed by atoms with Crippen LogP contribution in [0.4, 0.5) is 0 Å². The SMILES string of the molecule is Brc1ccc2c(c1)n(-c1ccccc1)c1nc3ccccc3n21. The van der Waals surface area contributed by atoms with Gasteiger partial charge in [0.1, 0.15) is 0 Å². The van der Waals surface area contributed by atoms with Crippen LogP contribution in [0.15, 0.2) is 77.3 Å². The van der Waals surface area contributed by atoms with Gasteiger partial charge in [0.05, 0.1) is 22.1 Å². The first kappa shape index (κ1) is 12.9. The van der Waals surface area contributed by atoms with E-state index in [2.05, 4.69) is 85.6 Å². The molecule has 0 atom stereocenters. The van der Waals surface area contributed by atoms with Crippen LogP contribution in [-0.2, 0) is 0 Å². The Morgan fingerprint density at radius 3 is 2.39 bits per heavy atom. The normalized spacial score (nSPS) is 11.7. The van der Waals surface area contributed by atoms with Crippen molar-refractivity contribution < 1.29 is 0 Å². The molecule has 0 saturated heterocycles. The maximum Gasteiger partial charge on any atom is 0.220 e. The minimum Gasteiger partial charge on any atom is -0.278 e. The van der Waals surface area contributed by atoms with Gasteiger partial charge in [-0.15, -0.1) is 0 Å². The minimum absolute atomic E-state index is 0.936. The molecule has 2 heterocycles. The smallest absolute Gasteiger partial charge is 0.220 e. The molecule has 0 amide bonds. The van der Waals surface area contributed by atoms with Crippen molar-refractivity contribution in [1.82, 2.24) is 14.0 Å². The van der Waals surface area contributed by atoms with Crippen molar-refractivity contribution in [1.29, 1.82) is 0 Å². The topological polar surface area (TPSA) is 22.2 Å². The van der Waals surface area contributed by atoms with Crippen LogP contribution in [0.5, 0.6) is 0 Å². The lowest BCUT2D eigenvalue weighted by molar-refractivity contribution is 1.11. The van der Waals surface area contributed by atoms with Crippen molar-refractivity contribution in [2.24, 2.45) is 0 Å². The Bertz CT molecular complexity index is 1170. The largest absolute Gasteiger partial charge is 0.278 e. The summed E-state index contributed by atoms with van der Waals surface area (Å²) in [5, 5.41) is 0. The van der Waals surface area contributed by atoms with Crippen LogP contribution in [0, 0.1) is 0 Å². The zero-order valence-electron chi connectivity index (χ0n) is 12.1. The molecule has 0 saturated carbocycles. The summed E-state index contributed by atoms with van der Waals surface area (Å²) in [7, 11) is 0. The number of benzene rings is 3. The first-order chi connectivity index (χ1) is 11.3. The Kier molecular flexibility index (Phi) is 2.64. The average Bonchev–Trinajstić information content (AvgIpc) is 3.09. The first-order valence-electron chi connectivity index (χ1n) is 7.45. The number of imidazole rings is 2. The Hall–Kier alpha value is -2.59. The van der Waals surface area contributed by atoms with E-state index >= 15 is 0 Å². The van der Waals surface area contributed by atoms with E-state index < -0.39 is 0 Å². The highest BCUT2D eigenvalue weighted by Crippen LogP contribution is 2.30. The Morgan fingerprint density at radius 2 is 1.52 bits per heavy atom. The van der Waals surface area contributed by atoms with Crippen molar-refractivity contribution in [2.45, 2.75) is 0 Å². The van der Waals surface area contributed by atoms with Gasteiger partial charge in [0.15, 0.2) is 0 Å². The predicted octanol–water partition coefficient (Wildman–Crippen LogP) is 5.19. The van der Waals surface area contributed by atoms with Gasteiger partial charge in [0.25, 0.3) is 0 Å². The molecule has 0 spiro atoms. The zero-order chi connectivity index (χ0) is 15.4. The highest BCUT2D eigenvalue weighted by molar-refractivity contribution is 9.10. The number of rotatable bonds is 1. The molecular weight excluding hydrogens is 350 g/mol. The molecular formula is C19H12BrN3. The lowest BCUT2D eigenvalue weighted by Gasteiger charge is -2.04. The van der Waals surface area contributed by atoms with Gasteiger partial charge in [-0.3, -0.25) is 8.97 Å². The summed E-state index contributed by atoms with van der Waals surface area (Å²) in [6, 6.07) is 25.0. The summed E-state index contributed by atoms with van der Waals surface area (Å²) in [6.45, 7) is 0. The number of halogens is 1. The standard InChI is InChI=1S/C19H12BrN3/c20-13-10-11-17-18(12-13)22(14-6-2-1-3-7-14)19-21-15-8-4-5-9-16(15)23(17)19/h1-12H. The Labute approximate surface area is 140 Å². The number of hydrogen-bond donors (Lipinski definition) is 0. The highest BCUT2D eigenvalue weighted by atomic mass is 79.9. The van der Waals surface area contributed by atoms with Crippen LogP contribution in [0.3, 0.4) is 0 Å². The van der Waals surface area contributed by atoms with Gasteiger partial charge in [-0.1, -0.05) is 46.3 Å². The Balaban J connectivity index is 2.06. The van der Waals surface area contributed by atoms with Gasteiger partial charge in [-0.25, -0.2) is 4.98 Å². The molecule has 5 aromatic rings. The van der Waals surface area contributed by atoms with E-state index in [1.807, 2.05) is 12.1 Å². The lowest BCUT2D eigenvalue weighted by atomic mass is 10.2. The van der Waals surface area contributed by atoms with E-state index in [1.165, 1.54) is 0 Å². The molecule has 0 bridgehead atoms. The monoisotopic (exact) mass is 361 g/mol. The molecule has 0 radical (unpaired) electrons. The molecule has 0 N–H and O–H groups in total. The molecule has 0 aliphatic heterocycles. The maximum atomic E-state index is 4.87. The summed E-state index contributed by atoms with van der Waals surface area (Å²) >= 11 is 3.59. The van der Waals surface area contributed by atoms with E-state index in [1.54, 1.807) is 0 Å². The third-order valence-electron chi connectivity index (χ3n) is 4.18. The fourth-order valence-corrected chi connectivity index (χ4v) is 3.55. The molecule has 23 heavy (non-hydrogen) atoms. The highest BCUT2D eigenvalue weighted by Gasteiger charge is 2.16. The zero-order valence-corrected chi connectivity index (χ0v) is 13.7. The van der Waals surface area contributed by atoms with Crippen LogP contribution >= 0.6 is 15.9 Å². The average molecular weight is 362 g/mol. The van der Waals surface area contributed by atoms with Crippen molar-refractivity contribution >= 4 is 43.8 Å². The molecule has 3 aromatic carbocycles. The first-order valence-corrected chi connectivity index (χ1v) is 8.25. The van der Waals surface area contributed by atoms with Gasteiger partial charge in [0, 0.05) is 10.2 Å². The number of nitrogens with zero attached hydrogens (tertiary/aromatic N) is 3. The van der Waals surface area contributed by atoms with Crippen molar-refractivity contribution in [3.8, 4) is 5.69 Å². The minimum atomic E-state index is 0.936. The van der Waals surface area contributed by atoms with Crippen LogP contribution in [0.25, 0.3) is 33.5 Å². The second-order valence-corrected chi connectivity index (χ2v) is 6.46. The number of aromatic nitrogens is 3. The fraction of sp³-hybridized carbons (Fsp3) is 0. The molecule has 2 aromatic heterocycles. The summed E-state index contributed by atoms with van der Waals surface area (Å²) in [6.07, 6.45) is 0. The number of hydrogen-bond acceptors (Lipinski definition) is 1. The van der Waals surface area contributed by atoms with Gasteiger partial charge < -0.3 is 0 Å². The van der Waals surface area contributed by atoms with Crippen LogP contribution in [-0.4, -0.2) is 14.0 Å². The van der Waals surface area contributed by atoms with Gasteiger partial charge >= 0.3 is 0 Å². The molecule has 0 fully saturated rings.